The smallest absolute Gasteiger partial charge is 0.328 e. The van der Waals surface area contributed by atoms with E-state index in [2.05, 4.69) is 9.97 Å². The number of aryl methyl sites for hydroxylation is 1. The molecule has 0 aliphatic rings. The van der Waals surface area contributed by atoms with Crippen molar-refractivity contribution in [3.8, 4) is 0 Å². The number of carboxylic acid groups (broad SMARTS) is 1. The summed E-state index contributed by atoms with van der Waals surface area (Å²) in [5.74, 6) is -0.563. The van der Waals surface area contributed by atoms with Crippen LogP contribution in [0, 0.1) is 0 Å². The fraction of sp³-hybridized carbons (Fsp3) is 0.222. The van der Waals surface area contributed by atoms with Crippen molar-refractivity contribution in [1.29, 1.82) is 0 Å². The van der Waals surface area contributed by atoms with Crippen molar-refractivity contribution in [1.82, 2.24) is 9.97 Å². The third-order valence-electron chi connectivity index (χ3n) is 1.47. The molecule has 0 fully saturated rings. The van der Waals surface area contributed by atoms with Crippen molar-refractivity contribution >= 4 is 12.0 Å². The molecule has 0 aliphatic heterocycles. The van der Waals surface area contributed by atoms with Gasteiger partial charge in [-0.1, -0.05) is 6.92 Å². The highest BCUT2D eigenvalue weighted by Crippen LogP contribution is 1.98. The van der Waals surface area contributed by atoms with Crippen LogP contribution in [-0.2, 0) is 11.2 Å². The number of aromatic nitrogens is 2. The Bertz CT molecular complexity index is 334. The number of aliphatic carboxylic acids is 1. The van der Waals surface area contributed by atoms with Crippen LogP contribution in [0.3, 0.4) is 0 Å². The molecule has 0 bridgehead atoms. The highest BCUT2D eigenvalue weighted by molar-refractivity contribution is 5.84. The van der Waals surface area contributed by atoms with Gasteiger partial charge in [-0.05, 0) is 18.6 Å². The molecule has 68 valence electrons. The average Bonchev–Trinajstić information content (AvgIpc) is 2.15. The van der Waals surface area contributed by atoms with Crippen molar-refractivity contribution in [3.63, 3.8) is 0 Å². The van der Waals surface area contributed by atoms with Gasteiger partial charge in [-0.25, -0.2) is 14.8 Å². The standard InChI is InChI=1S/C9H10N2O2/c1-2-7-5-6-10-8(11-7)3-4-9(12)13/h3-6H,2H2,1H3,(H,12,13)/b4-3+. The van der Waals surface area contributed by atoms with Gasteiger partial charge in [0.2, 0.25) is 0 Å². The molecular weight excluding hydrogens is 168 g/mol. The van der Waals surface area contributed by atoms with E-state index >= 15 is 0 Å². The first-order valence-electron chi connectivity index (χ1n) is 3.95. The zero-order valence-corrected chi connectivity index (χ0v) is 7.27. The second-order valence-corrected chi connectivity index (χ2v) is 2.43. The minimum Gasteiger partial charge on any atom is -0.478 e. The first kappa shape index (κ1) is 9.38. The van der Waals surface area contributed by atoms with E-state index in [0.29, 0.717) is 5.82 Å². The number of rotatable bonds is 3. The molecule has 0 radical (unpaired) electrons. The number of carboxylic acids is 1. The van der Waals surface area contributed by atoms with Gasteiger partial charge in [0.05, 0.1) is 0 Å². The van der Waals surface area contributed by atoms with Crippen LogP contribution < -0.4 is 0 Å². The van der Waals surface area contributed by atoms with E-state index in [-0.39, 0.29) is 0 Å². The first-order valence-corrected chi connectivity index (χ1v) is 3.95. The minimum absolute atomic E-state index is 0.432. The summed E-state index contributed by atoms with van der Waals surface area (Å²) in [6.07, 6.45) is 4.83. The maximum Gasteiger partial charge on any atom is 0.328 e. The molecule has 0 aromatic carbocycles. The van der Waals surface area contributed by atoms with Crippen LogP contribution in [-0.4, -0.2) is 21.0 Å². The van der Waals surface area contributed by atoms with Crippen molar-refractivity contribution in [2.75, 3.05) is 0 Å². The van der Waals surface area contributed by atoms with Gasteiger partial charge in [0, 0.05) is 18.0 Å². The molecule has 1 aromatic rings. The maximum atomic E-state index is 10.2. The van der Waals surface area contributed by atoms with E-state index in [0.717, 1.165) is 18.2 Å². The minimum atomic E-state index is -0.995. The molecule has 1 heterocycles. The Hall–Kier alpha value is -1.71. The molecule has 1 aromatic heterocycles. The number of nitrogens with zero attached hydrogens (tertiary/aromatic N) is 2. The second-order valence-electron chi connectivity index (χ2n) is 2.43. The quantitative estimate of drug-likeness (QED) is 0.705. The summed E-state index contributed by atoms with van der Waals surface area (Å²) in [7, 11) is 0. The Morgan fingerprint density at radius 1 is 1.69 bits per heavy atom. The van der Waals surface area contributed by atoms with Crippen molar-refractivity contribution in [2.45, 2.75) is 13.3 Å². The van der Waals surface area contributed by atoms with Gasteiger partial charge in [-0.3, -0.25) is 0 Å². The molecule has 13 heavy (non-hydrogen) atoms. The van der Waals surface area contributed by atoms with E-state index < -0.39 is 5.97 Å². The predicted molar refractivity (Wildman–Crippen MR) is 48.1 cm³/mol. The number of hydrogen-bond acceptors (Lipinski definition) is 3. The van der Waals surface area contributed by atoms with Crippen molar-refractivity contribution in [3.05, 3.63) is 29.9 Å². The highest BCUT2D eigenvalue weighted by atomic mass is 16.4. The van der Waals surface area contributed by atoms with Crippen LogP contribution in [0.4, 0.5) is 0 Å². The van der Waals surface area contributed by atoms with Gasteiger partial charge in [0.1, 0.15) is 0 Å². The molecular formula is C9H10N2O2. The summed E-state index contributed by atoms with van der Waals surface area (Å²) in [6, 6.07) is 1.80. The summed E-state index contributed by atoms with van der Waals surface area (Å²) in [4.78, 5) is 18.2. The molecule has 0 atom stereocenters. The zero-order valence-electron chi connectivity index (χ0n) is 7.27. The van der Waals surface area contributed by atoms with E-state index in [1.54, 1.807) is 12.3 Å². The number of hydrogen-bond donors (Lipinski definition) is 1. The molecule has 0 aliphatic carbocycles. The zero-order chi connectivity index (χ0) is 9.68. The Labute approximate surface area is 76.0 Å². The monoisotopic (exact) mass is 178 g/mol. The summed E-state index contributed by atoms with van der Waals surface area (Å²) in [6.45, 7) is 1.98. The average molecular weight is 178 g/mol. The molecule has 4 nitrogen and oxygen atoms in total. The fourth-order valence-corrected chi connectivity index (χ4v) is 0.836. The summed E-state index contributed by atoms with van der Waals surface area (Å²) < 4.78 is 0. The molecule has 0 saturated heterocycles. The van der Waals surface area contributed by atoms with E-state index in [1.165, 1.54) is 6.08 Å². The Morgan fingerprint density at radius 2 is 2.46 bits per heavy atom. The van der Waals surface area contributed by atoms with Crippen LogP contribution in [0.5, 0.6) is 0 Å². The van der Waals surface area contributed by atoms with Crippen LogP contribution in [0.1, 0.15) is 18.4 Å². The van der Waals surface area contributed by atoms with Crippen molar-refractivity contribution in [2.24, 2.45) is 0 Å². The Balaban J connectivity index is 2.83. The number of carbonyl (C=O) groups is 1. The van der Waals surface area contributed by atoms with Crippen molar-refractivity contribution < 1.29 is 9.90 Å². The predicted octanol–water partition coefficient (Wildman–Crippen LogP) is 1.14. The van der Waals surface area contributed by atoms with Crippen LogP contribution in [0.25, 0.3) is 6.08 Å². The SMILES string of the molecule is CCc1ccnc(/C=C/C(=O)O)n1. The lowest BCUT2D eigenvalue weighted by Crippen LogP contribution is -1.93. The molecule has 1 N–H and O–H groups in total. The normalized spacial score (nSPS) is 10.5. The highest BCUT2D eigenvalue weighted by Gasteiger charge is 1.94. The summed E-state index contributed by atoms with van der Waals surface area (Å²) in [5, 5.41) is 8.36. The molecule has 0 saturated carbocycles. The van der Waals surface area contributed by atoms with Gasteiger partial charge in [-0.15, -0.1) is 0 Å². The summed E-state index contributed by atoms with van der Waals surface area (Å²) in [5.41, 5.74) is 0.903. The third-order valence-corrected chi connectivity index (χ3v) is 1.47. The van der Waals surface area contributed by atoms with Gasteiger partial charge >= 0.3 is 5.97 Å². The largest absolute Gasteiger partial charge is 0.478 e. The molecule has 0 amide bonds. The van der Waals surface area contributed by atoms with E-state index in [1.807, 2.05) is 6.92 Å². The van der Waals surface area contributed by atoms with E-state index in [4.69, 9.17) is 5.11 Å². The maximum absolute atomic E-state index is 10.2. The van der Waals surface area contributed by atoms with Crippen LogP contribution in [0.15, 0.2) is 18.3 Å². The Kier molecular flexibility index (Phi) is 3.14. The van der Waals surface area contributed by atoms with Gasteiger partial charge in [0.25, 0.3) is 0 Å². The second kappa shape index (κ2) is 4.35. The summed E-state index contributed by atoms with van der Waals surface area (Å²) >= 11 is 0. The molecule has 1 rings (SSSR count). The Morgan fingerprint density at radius 3 is 3.08 bits per heavy atom. The van der Waals surface area contributed by atoms with E-state index in [9.17, 15) is 4.79 Å². The van der Waals surface area contributed by atoms with Crippen LogP contribution >= 0.6 is 0 Å². The van der Waals surface area contributed by atoms with Gasteiger partial charge < -0.3 is 5.11 Å². The topological polar surface area (TPSA) is 63.1 Å². The molecule has 0 unspecified atom stereocenters. The first-order chi connectivity index (χ1) is 6.22. The van der Waals surface area contributed by atoms with Gasteiger partial charge in [-0.2, -0.15) is 0 Å². The van der Waals surface area contributed by atoms with Gasteiger partial charge in [0.15, 0.2) is 5.82 Å². The van der Waals surface area contributed by atoms with Crippen LogP contribution in [0.2, 0.25) is 0 Å². The molecule has 0 spiro atoms. The lowest BCUT2D eigenvalue weighted by atomic mass is 10.3. The molecule has 4 heteroatoms. The lowest BCUT2D eigenvalue weighted by molar-refractivity contribution is -0.131. The third kappa shape index (κ3) is 3.02. The lowest BCUT2D eigenvalue weighted by Gasteiger charge is -1.95. The fourth-order valence-electron chi connectivity index (χ4n) is 0.836.